The molecule has 1 aromatic rings. The van der Waals surface area contributed by atoms with E-state index in [1.54, 1.807) is 7.11 Å². The summed E-state index contributed by atoms with van der Waals surface area (Å²) in [7, 11) is 1.70. The highest BCUT2D eigenvalue weighted by molar-refractivity contribution is 5.43. The van der Waals surface area contributed by atoms with E-state index in [1.165, 1.54) is 12.0 Å². The maximum atomic E-state index is 5.72. The fourth-order valence-corrected chi connectivity index (χ4v) is 2.24. The van der Waals surface area contributed by atoms with Gasteiger partial charge in [-0.15, -0.1) is 0 Å². The van der Waals surface area contributed by atoms with Crippen molar-refractivity contribution in [1.82, 2.24) is 5.32 Å². The van der Waals surface area contributed by atoms with Crippen molar-refractivity contribution in [2.45, 2.75) is 39.7 Å². The van der Waals surface area contributed by atoms with Gasteiger partial charge in [0.25, 0.3) is 0 Å². The summed E-state index contributed by atoms with van der Waals surface area (Å²) in [5, 5.41) is 3.68. The first-order chi connectivity index (χ1) is 9.05. The molecule has 2 rings (SSSR count). The molecular formula is C16H25NO2. The third-order valence-corrected chi connectivity index (χ3v) is 4.04. The van der Waals surface area contributed by atoms with E-state index in [2.05, 4.69) is 32.2 Å². The van der Waals surface area contributed by atoms with Crippen LogP contribution in [0, 0.1) is 5.41 Å². The number of hydrogen-bond acceptors (Lipinski definition) is 3. The van der Waals surface area contributed by atoms with Crippen molar-refractivity contribution < 1.29 is 9.47 Å². The van der Waals surface area contributed by atoms with E-state index in [-0.39, 0.29) is 0 Å². The van der Waals surface area contributed by atoms with Gasteiger partial charge >= 0.3 is 0 Å². The van der Waals surface area contributed by atoms with Gasteiger partial charge in [-0.2, -0.15) is 0 Å². The highest BCUT2D eigenvalue weighted by atomic mass is 16.5. The summed E-state index contributed by atoms with van der Waals surface area (Å²) in [6, 6.07) is 6.42. The lowest BCUT2D eigenvalue weighted by atomic mass is 9.89. The summed E-state index contributed by atoms with van der Waals surface area (Å²) >= 11 is 0. The van der Waals surface area contributed by atoms with E-state index < -0.39 is 0 Å². The Balaban J connectivity index is 2.12. The van der Waals surface area contributed by atoms with Gasteiger partial charge in [-0.25, -0.2) is 0 Å². The summed E-state index contributed by atoms with van der Waals surface area (Å²) in [5.41, 5.74) is 1.55. The Morgan fingerprint density at radius 1 is 1.42 bits per heavy atom. The number of methoxy groups -OCH3 is 1. The van der Waals surface area contributed by atoms with Crippen molar-refractivity contribution >= 4 is 0 Å². The molecule has 0 saturated carbocycles. The van der Waals surface area contributed by atoms with Crippen LogP contribution >= 0.6 is 0 Å². The fourth-order valence-electron chi connectivity index (χ4n) is 2.24. The number of nitrogens with one attached hydrogen (secondary N) is 1. The molecule has 1 aliphatic rings. The van der Waals surface area contributed by atoms with Crippen LogP contribution in [-0.4, -0.2) is 20.3 Å². The number of ether oxygens (including phenoxy) is 2. The predicted octanol–water partition coefficient (Wildman–Crippen LogP) is 3.54. The molecule has 106 valence electrons. The van der Waals surface area contributed by atoms with Crippen LogP contribution in [0.2, 0.25) is 0 Å². The molecule has 0 aliphatic carbocycles. The summed E-state index contributed by atoms with van der Waals surface area (Å²) in [6.45, 7) is 8.63. The molecule has 0 bridgehead atoms. The van der Waals surface area contributed by atoms with Crippen molar-refractivity contribution in [1.29, 1.82) is 0 Å². The number of fused-ring (bicyclic) bond motifs is 1. The summed E-state index contributed by atoms with van der Waals surface area (Å²) < 4.78 is 11.0. The molecule has 3 heteroatoms. The minimum Gasteiger partial charge on any atom is -0.497 e. The van der Waals surface area contributed by atoms with Crippen LogP contribution < -0.4 is 14.8 Å². The van der Waals surface area contributed by atoms with Crippen LogP contribution in [0.15, 0.2) is 18.2 Å². The summed E-state index contributed by atoms with van der Waals surface area (Å²) in [4.78, 5) is 0. The lowest BCUT2D eigenvalue weighted by molar-refractivity contribution is 0.233. The summed E-state index contributed by atoms with van der Waals surface area (Å²) in [5.74, 6) is 1.88. The quantitative estimate of drug-likeness (QED) is 0.881. The largest absolute Gasteiger partial charge is 0.497 e. The highest BCUT2D eigenvalue weighted by Crippen LogP contribution is 2.35. The second-order valence-electron chi connectivity index (χ2n) is 5.99. The van der Waals surface area contributed by atoms with E-state index in [9.17, 15) is 0 Å². The first kappa shape index (κ1) is 14.2. The molecule has 0 radical (unpaired) electrons. The van der Waals surface area contributed by atoms with E-state index in [4.69, 9.17) is 9.47 Å². The number of benzene rings is 1. The standard InChI is InChI=1S/C16H25NO2/c1-5-16(2,3)11-17-14-8-9-19-15-7-6-12(18-4)10-13(14)15/h6-7,10,14,17H,5,8-9,11H2,1-4H3. The highest BCUT2D eigenvalue weighted by Gasteiger charge is 2.24. The molecule has 19 heavy (non-hydrogen) atoms. The molecule has 1 aliphatic heterocycles. The van der Waals surface area contributed by atoms with Gasteiger partial charge in [-0.05, 0) is 30.0 Å². The molecule has 1 atom stereocenters. The second-order valence-corrected chi connectivity index (χ2v) is 5.99. The number of rotatable bonds is 5. The Morgan fingerprint density at radius 2 is 2.21 bits per heavy atom. The molecular weight excluding hydrogens is 238 g/mol. The fraction of sp³-hybridized carbons (Fsp3) is 0.625. The zero-order chi connectivity index (χ0) is 13.9. The van der Waals surface area contributed by atoms with E-state index in [1.807, 2.05) is 12.1 Å². The first-order valence-electron chi connectivity index (χ1n) is 7.10. The SMILES string of the molecule is CCC(C)(C)CNC1CCOc2ccc(OC)cc21. The van der Waals surface area contributed by atoms with Crippen LogP contribution in [-0.2, 0) is 0 Å². The third kappa shape index (κ3) is 3.41. The average Bonchev–Trinajstić information content (AvgIpc) is 2.44. The van der Waals surface area contributed by atoms with Gasteiger partial charge < -0.3 is 14.8 Å². The lowest BCUT2D eigenvalue weighted by Gasteiger charge is -2.31. The molecule has 3 nitrogen and oxygen atoms in total. The normalized spacial score (nSPS) is 18.6. The smallest absolute Gasteiger partial charge is 0.124 e. The predicted molar refractivity (Wildman–Crippen MR) is 77.9 cm³/mol. The van der Waals surface area contributed by atoms with Gasteiger partial charge in [0.05, 0.1) is 13.7 Å². The molecule has 1 N–H and O–H groups in total. The Labute approximate surface area is 116 Å². The van der Waals surface area contributed by atoms with Crippen LogP contribution in [0.1, 0.15) is 45.2 Å². The van der Waals surface area contributed by atoms with Crippen LogP contribution in [0.5, 0.6) is 11.5 Å². The maximum Gasteiger partial charge on any atom is 0.124 e. The monoisotopic (exact) mass is 263 g/mol. The van der Waals surface area contributed by atoms with Crippen LogP contribution in [0.25, 0.3) is 0 Å². The van der Waals surface area contributed by atoms with E-state index in [0.29, 0.717) is 11.5 Å². The van der Waals surface area contributed by atoms with E-state index in [0.717, 1.165) is 31.1 Å². The Morgan fingerprint density at radius 3 is 2.89 bits per heavy atom. The number of hydrogen-bond donors (Lipinski definition) is 1. The molecule has 1 unspecified atom stereocenters. The van der Waals surface area contributed by atoms with Crippen molar-refractivity contribution in [3.05, 3.63) is 23.8 Å². The molecule has 0 saturated heterocycles. The molecule has 0 amide bonds. The van der Waals surface area contributed by atoms with Gasteiger partial charge in [0.1, 0.15) is 11.5 Å². The van der Waals surface area contributed by atoms with Gasteiger partial charge in [0, 0.05) is 24.6 Å². The average molecular weight is 263 g/mol. The van der Waals surface area contributed by atoms with Gasteiger partial charge in [0.15, 0.2) is 0 Å². The van der Waals surface area contributed by atoms with Crippen LogP contribution in [0.3, 0.4) is 0 Å². The first-order valence-corrected chi connectivity index (χ1v) is 7.10. The Bertz CT molecular complexity index is 429. The molecule has 0 spiro atoms. The molecule has 0 aromatic heterocycles. The molecule has 1 aromatic carbocycles. The van der Waals surface area contributed by atoms with Crippen LogP contribution in [0.4, 0.5) is 0 Å². The maximum absolute atomic E-state index is 5.72. The van der Waals surface area contributed by atoms with Gasteiger partial charge in [-0.1, -0.05) is 20.8 Å². The minimum absolute atomic E-state index is 0.331. The van der Waals surface area contributed by atoms with E-state index >= 15 is 0 Å². The minimum atomic E-state index is 0.331. The van der Waals surface area contributed by atoms with Crippen molar-refractivity contribution in [2.75, 3.05) is 20.3 Å². The third-order valence-electron chi connectivity index (χ3n) is 4.04. The van der Waals surface area contributed by atoms with Gasteiger partial charge in [-0.3, -0.25) is 0 Å². The lowest BCUT2D eigenvalue weighted by Crippen LogP contribution is -2.34. The Kier molecular flexibility index (Phi) is 4.35. The van der Waals surface area contributed by atoms with Crippen molar-refractivity contribution in [3.8, 4) is 11.5 Å². The summed E-state index contributed by atoms with van der Waals surface area (Å²) in [6.07, 6.45) is 2.19. The zero-order valence-electron chi connectivity index (χ0n) is 12.5. The molecule has 1 heterocycles. The molecule has 0 fully saturated rings. The second kappa shape index (κ2) is 5.83. The Hall–Kier alpha value is -1.22. The zero-order valence-corrected chi connectivity index (χ0v) is 12.5. The van der Waals surface area contributed by atoms with Gasteiger partial charge in [0.2, 0.25) is 0 Å². The topological polar surface area (TPSA) is 30.5 Å². The van der Waals surface area contributed by atoms with Crippen molar-refractivity contribution in [3.63, 3.8) is 0 Å². The van der Waals surface area contributed by atoms with Crippen molar-refractivity contribution in [2.24, 2.45) is 5.41 Å².